The number of rotatable bonds is 4. The van der Waals surface area contributed by atoms with Crippen molar-refractivity contribution in [1.29, 1.82) is 0 Å². The predicted octanol–water partition coefficient (Wildman–Crippen LogP) is 4.31. The molecule has 7 heteroatoms. The summed E-state index contributed by atoms with van der Waals surface area (Å²) in [6.45, 7) is 4.23. The maximum atomic E-state index is 12.9. The van der Waals surface area contributed by atoms with Gasteiger partial charge in [0.2, 0.25) is 0 Å². The molecule has 4 aromatic rings. The maximum absolute atomic E-state index is 12.9. The first-order chi connectivity index (χ1) is 15.5. The number of nitrogens with zero attached hydrogens (tertiary/aromatic N) is 3. The molecule has 2 heterocycles. The van der Waals surface area contributed by atoms with Crippen LogP contribution >= 0.6 is 0 Å². The molecule has 0 aliphatic heterocycles. The van der Waals surface area contributed by atoms with Gasteiger partial charge in [0, 0.05) is 29.0 Å². The van der Waals surface area contributed by atoms with Crippen molar-refractivity contribution in [2.75, 3.05) is 0 Å². The lowest BCUT2D eigenvalue weighted by Gasteiger charge is -2.29. The van der Waals surface area contributed by atoms with Crippen LogP contribution in [0.1, 0.15) is 67.5 Å². The van der Waals surface area contributed by atoms with E-state index in [4.69, 9.17) is 0 Å². The number of aromatic amines is 1. The van der Waals surface area contributed by atoms with Crippen LogP contribution in [-0.4, -0.2) is 31.7 Å². The highest BCUT2D eigenvalue weighted by atomic mass is 16.1. The number of carbonyl (C=O) groups is 1. The van der Waals surface area contributed by atoms with E-state index in [2.05, 4.69) is 38.9 Å². The molecular weight excluding hydrogens is 402 g/mol. The molecule has 164 valence electrons. The lowest BCUT2D eigenvalue weighted by atomic mass is 9.82. The second-order valence-electron chi connectivity index (χ2n) is 8.95. The quantitative estimate of drug-likeness (QED) is 0.506. The molecule has 0 radical (unpaired) electrons. The number of amides is 1. The summed E-state index contributed by atoms with van der Waals surface area (Å²) in [6.07, 6.45) is 5.44. The zero-order valence-corrected chi connectivity index (χ0v) is 18.3. The Hall–Kier alpha value is -3.48. The fourth-order valence-corrected chi connectivity index (χ4v) is 4.81. The Balaban J connectivity index is 1.26. The number of benzene rings is 2. The van der Waals surface area contributed by atoms with E-state index in [9.17, 15) is 9.59 Å². The molecule has 0 bridgehead atoms. The molecule has 1 aliphatic carbocycles. The first-order valence-corrected chi connectivity index (χ1v) is 11.3. The third kappa shape index (κ3) is 3.68. The summed E-state index contributed by atoms with van der Waals surface area (Å²) < 4.78 is 2.10. The van der Waals surface area contributed by atoms with Gasteiger partial charge in [-0.15, -0.1) is 0 Å². The van der Waals surface area contributed by atoms with Gasteiger partial charge in [-0.2, -0.15) is 5.10 Å². The highest BCUT2D eigenvalue weighted by Crippen LogP contribution is 2.34. The van der Waals surface area contributed by atoms with Crippen LogP contribution in [0.2, 0.25) is 0 Å². The van der Waals surface area contributed by atoms with Crippen molar-refractivity contribution in [2.24, 2.45) is 0 Å². The van der Waals surface area contributed by atoms with Gasteiger partial charge in [-0.3, -0.25) is 9.59 Å². The van der Waals surface area contributed by atoms with Crippen molar-refractivity contribution in [2.45, 2.75) is 57.5 Å². The Bertz CT molecular complexity index is 1350. The summed E-state index contributed by atoms with van der Waals surface area (Å²) in [5.41, 5.74) is 3.32. The van der Waals surface area contributed by atoms with Crippen molar-refractivity contribution in [1.82, 2.24) is 25.1 Å². The van der Waals surface area contributed by atoms with Gasteiger partial charge in [-0.1, -0.05) is 18.2 Å². The average molecular weight is 430 g/mol. The van der Waals surface area contributed by atoms with Crippen molar-refractivity contribution >= 4 is 27.7 Å². The fourth-order valence-electron chi connectivity index (χ4n) is 4.81. The second kappa shape index (κ2) is 8.22. The van der Waals surface area contributed by atoms with Crippen molar-refractivity contribution in [3.8, 4) is 0 Å². The van der Waals surface area contributed by atoms with E-state index < -0.39 is 0 Å². The minimum atomic E-state index is -0.152. The molecule has 0 spiro atoms. The molecule has 1 aliphatic rings. The third-order valence-electron chi connectivity index (χ3n) is 6.57. The van der Waals surface area contributed by atoms with Gasteiger partial charge in [0.25, 0.3) is 11.5 Å². The highest BCUT2D eigenvalue weighted by Gasteiger charge is 2.26. The number of hydrogen-bond donors (Lipinski definition) is 2. The topological polar surface area (TPSA) is 92.7 Å². The standard InChI is InChI=1S/C25H27N5O2/c1-15(2)30-14-26-21-13-17(9-12-22(21)30)24(31)27-18-10-7-16(8-11-18)23-19-5-3-4-6-20(19)25(32)29-28-23/h3-6,9,12-16,18H,7-8,10-11H2,1-2H3,(H,27,31)(H,29,32)/t16-,18-. The van der Waals surface area contributed by atoms with Crippen molar-refractivity contribution < 1.29 is 4.79 Å². The van der Waals surface area contributed by atoms with Crippen LogP contribution in [0.3, 0.4) is 0 Å². The van der Waals surface area contributed by atoms with Crippen LogP contribution in [0.15, 0.2) is 53.6 Å². The molecule has 0 unspecified atom stereocenters. The average Bonchev–Trinajstić information content (AvgIpc) is 3.24. The molecule has 1 amide bonds. The number of imidazole rings is 1. The first-order valence-electron chi connectivity index (χ1n) is 11.3. The Morgan fingerprint density at radius 1 is 1.09 bits per heavy atom. The molecule has 0 atom stereocenters. The van der Waals surface area contributed by atoms with E-state index in [1.54, 1.807) is 0 Å². The van der Waals surface area contributed by atoms with Gasteiger partial charge in [0.05, 0.1) is 28.4 Å². The number of carbonyl (C=O) groups excluding carboxylic acids is 1. The number of aromatic nitrogens is 4. The lowest BCUT2D eigenvalue weighted by molar-refractivity contribution is 0.0926. The van der Waals surface area contributed by atoms with E-state index in [-0.39, 0.29) is 23.4 Å². The van der Waals surface area contributed by atoms with Gasteiger partial charge >= 0.3 is 0 Å². The van der Waals surface area contributed by atoms with Crippen LogP contribution in [0.5, 0.6) is 0 Å². The highest BCUT2D eigenvalue weighted by molar-refractivity contribution is 5.97. The largest absolute Gasteiger partial charge is 0.349 e. The van der Waals surface area contributed by atoms with E-state index in [1.165, 1.54) is 0 Å². The SMILES string of the molecule is CC(C)n1cnc2cc(C(=O)N[C@H]3CC[C@H](c4n[nH]c(=O)c5ccccc54)CC3)ccc21. The Morgan fingerprint density at radius 2 is 1.84 bits per heavy atom. The molecular formula is C25H27N5O2. The number of H-pyrrole nitrogens is 1. The number of nitrogens with one attached hydrogen (secondary N) is 2. The molecule has 7 nitrogen and oxygen atoms in total. The molecule has 2 aromatic carbocycles. The van der Waals surface area contributed by atoms with Gasteiger partial charge in [-0.25, -0.2) is 10.1 Å². The lowest BCUT2D eigenvalue weighted by Crippen LogP contribution is -2.37. The second-order valence-corrected chi connectivity index (χ2v) is 8.95. The summed E-state index contributed by atoms with van der Waals surface area (Å²) in [5.74, 6) is 0.225. The minimum Gasteiger partial charge on any atom is -0.349 e. The maximum Gasteiger partial charge on any atom is 0.272 e. The summed E-state index contributed by atoms with van der Waals surface area (Å²) in [7, 11) is 0. The van der Waals surface area contributed by atoms with Crippen molar-refractivity contribution in [3.63, 3.8) is 0 Å². The number of hydrogen-bond acceptors (Lipinski definition) is 4. The van der Waals surface area contributed by atoms with E-state index in [0.29, 0.717) is 17.0 Å². The molecule has 2 N–H and O–H groups in total. The summed E-state index contributed by atoms with van der Waals surface area (Å²) in [6, 6.07) is 13.8. The normalized spacial score (nSPS) is 19.0. The van der Waals surface area contributed by atoms with Crippen LogP contribution in [0, 0.1) is 0 Å². The van der Waals surface area contributed by atoms with Gasteiger partial charge in [0.1, 0.15) is 0 Å². The monoisotopic (exact) mass is 429 g/mol. The van der Waals surface area contributed by atoms with Gasteiger partial charge < -0.3 is 9.88 Å². The van der Waals surface area contributed by atoms with E-state index >= 15 is 0 Å². The summed E-state index contributed by atoms with van der Waals surface area (Å²) in [4.78, 5) is 29.4. The predicted molar refractivity (Wildman–Crippen MR) is 125 cm³/mol. The van der Waals surface area contributed by atoms with Crippen molar-refractivity contribution in [3.05, 3.63) is 70.4 Å². The molecule has 5 rings (SSSR count). The Morgan fingerprint density at radius 3 is 2.59 bits per heavy atom. The third-order valence-corrected chi connectivity index (χ3v) is 6.57. The minimum absolute atomic E-state index is 0.0536. The summed E-state index contributed by atoms with van der Waals surface area (Å²) >= 11 is 0. The zero-order chi connectivity index (χ0) is 22.2. The van der Waals surface area contributed by atoms with E-state index in [1.807, 2.05) is 48.8 Å². The van der Waals surface area contributed by atoms with Gasteiger partial charge in [-0.05, 0) is 63.8 Å². The van der Waals surface area contributed by atoms with E-state index in [0.717, 1.165) is 47.8 Å². The smallest absolute Gasteiger partial charge is 0.272 e. The molecule has 32 heavy (non-hydrogen) atoms. The van der Waals surface area contributed by atoms with Crippen LogP contribution in [0.4, 0.5) is 0 Å². The molecule has 2 aromatic heterocycles. The van der Waals surface area contributed by atoms with Crippen LogP contribution in [0.25, 0.3) is 21.8 Å². The number of fused-ring (bicyclic) bond motifs is 2. The molecule has 1 fully saturated rings. The first kappa shape index (κ1) is 20.4. The Labute approximate surface area is 185 Å². The fraction of sp³-hybridized carbons (Fsp3) is 0.360. The van der Waals surface area contributed by atoms with Crippen LogP contribution in [-0.2, 0) is 0 Å². The zero-order valence-electron chi connectivity index (χ0n) is 18.3. The summed E-state index contributed by atoms with van der Waals surface area (Å²) in [5, 5.41) is 11.8. The van der Waals surface area contributed by atoms with Crippen LogP contribution < -0.4 is 10.9 Å². The van der Waals surface area contributed by atoms with Gasteiger partial charge in [0.15, 0.2) is 0 Å². The Kier molecular flexibility index (Phi) is 5.25. The molecule has 1 saturated carbocycles. The molecule has 0 saturated heterocycles.